The lowest BCUT2D eigenvalue weighted by Gasteiger charge is -2.08. The molecule has 2 heterocycles. The fourth-order valence-electron chi connectivity index (χ4n) is 2.37. The Morgan fingerprint density at radius 3 is 2.48 bits per heavy atom. The summed E-state index contributed by atoms with van der Waals surface area (Å²) in [5.74, 6) is -2.66. The molecule has 0 aliphatic carbocycles. The van der Waals surface area contributed by atoms with Gasteiger partial charge in [0, 0.05) is 5.69 Å². The third-order valence-electron chi connectivity index (χ3n) is 3.52. The van der Waals surface area contributed by atoms with Gasteiger partial charge in [0.2, 0.25) is 0 Å². The van der Waals surface area contributed by atoms with Crippen molar-refractivity contribution in [3.63, 3.8) is 0 Å². The summed E-state index contributed by atoms with van der Waals surface area (Å²) < 4.78 is 10.1. The number of imide groups is 1. The van der Waals surface area contributed by atoms with Crippen molar-refractivity contribution in [2.45, 2.75) is 33.8 Å². The number of aryl methyl sites for hydroxylation is 1. The number of hydrogen-bond donors (Lipinski definition) is 2. The lowest BCUT2D eigenvalue weighted by molar-refractivity contribution is -0.123. The number of amides is 2. The van der Waals surface area contributed by atoms with Crippen LogP contribution in [0.3, 0.4) is 0 Å². The zero-order valence-electron chi connectivity index (χ0n) is 15.4. The molecule has 9 heteroatoms. The molecule has 144 valence electrons. The molecule has 0 saturated heterocycles. The molecule has 8 nitrogen and oxygen atoms in total. The molecular weight excluding hydrogens is 372 g/mol. The van der Waals surface area contributed by atoms with E-state index in [9.17, 15) is 19.2 Å². The van der Waals surface area contributed by atoms with Gasteiger partial charge in [0.15, 0.2) is 6.61 Å². The first-order valence-electron chi connectivity index (χ1n) is 8.15. The molecule has 2 amide bonds. The number of rotatable bonds is 6. The third-order valence-corrected chi connectivity index (χ3v) is 4.39. The van der Waals surface area contributed by atoms with Crippen molar-refractivity contribution < 1.29 is 28.7 Å². The van der Waals surface area contributed by atoms with Crippen molar-refractivity contribution in [2.24, 2.45) is 0 Å². The molecule has 0 bridgehead atoms. The van der Waals surface area contributed by atoms with Crippen LogP contribution in [0.1, 0.15) is 55.6 Å². The zero-order chi connectivity index (χ0) is 20.1. The van der Waals surface area contributed by atoms with E-state index in [1.54, 1.807) is 45.2 Å². The second-order valence-corrected chi connectivity index (χ2v) is 6.96. The molecule has 0 saturated carbocycles. The van der Waals surface area contributed by atoms with Crippen LogP contribution < -0.4 is 5.32 Å². The predicted molar refractivity (Wildman–Crippen MR) is 97.9 cm³/mol. The quantitative estimate of drug-likeness (QED) is 0.730. The number of nitrogens with one attached hydrogen (secondary N) is 2. The summed E-state index contributed by atoms with van der Waals surface area (Å²) in [6.07, 6.45) is -0.300. The van der Waals surface area contributed by atoms with Gasteiger partial charge in [-0.2, -0.15) is 0 Å². The monoisotopic (exact) mass is 392 g/mol. The highest BCUT2D eigenvalue weighted by molar-refractivity contribution is 7.12. The van der Waals surface area contributed by atoms with Crippen LogP contribution >= 0.6 is 11.3 Å². The van der Waals surface area contributed by atoms with Crippen molar-refractivity contribution >= 4 is 35.1 Å². The first-order chi connectivity index (χ1) is 12.7. The minimum Gasteiger partial charge on any atom is -0.459 e. The average Bonchev–Trinajstić information content (AvgIpc) is 3.20. The highest BCUT2D eigenvalue weighted by Gasteiger charge is 2.25. The third kappa shape index (κ3) is 5.04. The van der Waals surface area contributed by atoms with Crippen LogP contribution in [-0.2, 0) is 14.3 Å². The summed E-state index contributed by atoms with van der Waals surface area (Å²) in [6.45, 7) is 6.03. The molecule has 0 aliphatic heterocycles. The number of thiophene rings is 1. The SMILES string of the molecule is Cc1[nH]c(C(=O)OCC(=O)NC(=O)c2cccs2)c(C)c1C(=O)OC(C)C. The minimum atomic E-state index is -0.807. The highest BCUT2D eigenvalue weighted by Crippen LogP contribution is 2.20. The Morgan fingerprint density at radius 2 is 1.89 bits per heavy atom. The molecule has 0 radical (unpaired) electrons. The molecule has 0 fully saturated rings. The topological polar surface area (TPSA) is 115 Å². The maximum Gasteiger partial charge on any atom is 0.355 e. The summed E-state index contributed by atoms with van der Waals surface area (Å²) >= 11 is 1.19. The largest absolute Gasteiger partial charge is 0.459 e. The van der Waals surface area contributed by atoms with Gasteiger partial charge in [0.25, 0.3) is 11.8 Å². The summed E-state index contributed by atoms with van der Waals surface area (Å²) in [4.78, 5) is 51.1. The number of aromatic amines is 1. The molecule has 0 spiro atoms. The first-order valence-corrected chi connectivity index (χ1v) is 9.03. The molecule has 2 aromatic rings. The summed E-state index contributed by atoms with van der Waals surface area (Å²) in [5.41, 5.74) is 1.15. The fourth-order valence-corrected chi connectivity index (χ4v) is 2.99. The van der Waals surface area contributed by atoms with E-state index in [1.807, 2.05) is 0 Å². The lowest BCUT2D eigenvalue weighted by Crippen LogP contribution is -2.33. The van der Waals surface area contributed by atoms with Crippen molar-refractivity contribution in [3.8, 4) is 0 Å². The fraction of sp³-hybridized carbons (Fsp3) is 0.333. The summed E-state index contributed by atoms with van der Waals surface area (Å²) in [7, 11) is 0. The molecule has 0 atom stereocenters. The van der Waals surface area contributed by atoms with E-state index in [1.165, 1.54) is 11.3 Å². The maximum atomic E-state index is 12.2. The van der Waals surface area contributed by atoms with Gasteiger partial charge in [0.1, 0.15) is 5.69 Å². The van der Waals surface area contributed by atoms with Gasteiger partial charge in [-0.25, -0.2) is 9.59 Å². The van der Waals surface area contributed by atoms with Crippen LogP contribution in [0.2, 0.25) is 0 Å². The number of hydrogen-bond acceptors (Lipinski definition) is 7. The number of carbonyl (C=O) groups is 4. The Hall–Kier alpha value is -2.94. The predicted octanol–water partition coefficient (Wildman–Crippen LogP) is 2.37. The number of esters is 2. The van der Waals surface area contributed by atoms with E-state index in [0.717, 1.165) is 0 Å². The van der Waals surface area contributed by atoms with Crippen LogP contribution in [0.15, 0.2) is 17.5 Å². The van der Waals surface area contributed by atoms with Gasteiger partial charge < -0.3 is 14.5 Å². The Kier molecular flexibility index (Phi) is 6.51. The Balaban J connectivity index is 1.99. The summed E-state index contributed by atoms with van der Waals surface area (Å²) in [6, 6.07) is 3.25. The second kappa shape index (κ2) is 8.63. The van der Waals surface area contributed by atoms with Crippen LogP contribution in [0, 0.1) is 13.8 Å². The van der Waals surface area contributed by atoms with Gasteiger partial charge in [-0.1, -0.05) is 6.07 Å². The second-order valence-electron chi connectivity index (χ2n) is 6.01. The number of ether oxygens (including phenoxy) is 2. The first kappa shape index (κ1) is 20.4. The Bertz CT molecular complexity index is 867. The van der Waals surface area contributed by atoms with Crippen LogP contribution in [0.4, 0.5) is 0 Å². The normalized spacial score (nSPS) is 10.6. The van der Waals surface area contributed by atoms with E-state index in [-0.39, 0.29) is 17.4 Å². The van der Waals surface area contributed by atoms with Gasteiger partial charge in [-0.3, -0.25) is 14.9 Å². The molecular formula is C18H20N2O6S. The van der Waals surface area contributed by atoms with Gasteiger partial charge in [-0.05, 0) is 44.7 Å². The highest BCUT2D eigenvalue weighted by atomic mass is 32.1. The maximum absolute atomic E-state index is 12.2. The minimum absolute atomic E-state index is 0.0561. The molecule has 2 rings (SSSR count). The number of carbonyl (C=O) groups excluding carboxylic acids is 4. The summed E-state index contributed by atoms with van der Waals surface area (Å²) in [5, 5.41) is 3.84. The van der Waals surface area contributed by atoms with Crippen LogP contribution in [0.5, 0.6) is 0 Å². The number of H-pyrrole nitrogens is 1. The average molecular weight is 392 g/mol. The molecule has 2 N–H and O–H groups in total. The lowest BCUT2D eigenvalue weighted by atomic mass is 10.1. The van der Waals surface area contributed by atoms with Crippen molar-refractivity contribution in [1.82, 2.24) is 10.3 Å². The molecule has 0 aromatic carbocycles. The van der Waals surface area contributed by atoms with Gasteiger partial charge in [-0.15, -0.1) is 11.3 Å². The Labute approximate surface area is 159 Å². The van der Waals surface area contributed by atoms with Gasteiger partial charge >= 0.3 is 11.9 Å². The van der Waals surface area contributed by atoms with E-state index in [2.05, 4.69) is 10.3 Å². The molecule has 27 heavy (non-hydrogen) atoms. The van der Waals surface area contributed by atoms with E-state index >= 15 is 0 Å². The van der Waals surface area contributed by atoms with E-state index in [4.69, 9.17) is 9.47 Å². The molecule has 0 aliphatic rings. The van der Waals surface area contributed by atoms with E-state index in [0.29, 0.717) is 16.1 Å². The molecule has 2 aromatic heterocycles. The standard InChI is InChI=1S/C18H20N2O6S/c1-9(2)26-17(23)14-10(3)15(19-11(14)4)18(24)25-8-13(21)20-16(22)12-6-5-7-27-12/h5-7,9,19H,8H2,1-4H3,(H,20,21,22). The van der Waals surface area contributed by atoms with Crippen molar-refractivity contribution in [3.05, 3.63) is 44.9 Å². The number of aromatic nitrogens is 1. The van der Waals surface area contributed by atoms with Gasteiger partial charge in [0.05, 0.1) is 16.5 Å². The van der Waals surface area contributed by atoms with Crippen LogP contribution in [-0.4, -0.2) is 41.4 Å². The molecule has 0 unspecified atom stereocenters. The van der Waals surface area contributed by atoms with E-state index < -0.39 is 30.4 Å². The van der Waals surface area contributed by atoms with Crippen molar-refractivity contribution in [1.29, 1.82) is 0 Å². The smallest absolute Gasteiger partial charge is 0.355 e. The van der Waals surface area contributed by atoms with Crippen molar-refractivity contribution in [2.75, 3.05) is 6.61 Å². The zero-order valence-corrected chi connectivity index (χ0v) is 16.2. The van der Waals surface area contributed by atoms with Crippen LogP contribution in [0.25, 0.3) is 0 Å². The Morgan fingerprint density at radius 1 is 1.19 bits per heavy atom.